The largest absolute Gasteiger partial charge is 0.326 e. The van der Waals surface area contributed by atoms with Crippen molar-refractivity contribution in [2.75, 3.05) is 10.6 Å². The number of carbonyl (C=O) groups is 2. The summed E-state index contributed by atoms with van der Waals surface area (Å²) in [6.07, 6.45) is 1.98. The van der Waals surface area contributed by atoms with Crippen LogP contribution < -0.4 is 10.6 Å². The molecule has 2 rings (SSSR count). The van der Waals surface area contributed by atoms with E-state index in [0.717, 1.165) is 23.5 Å². The van der Waals surface area contributed by atoms with E-state index in [1.807, 2.05) is 31.2 Å². The third-order valence-corrected chi connectivity index (χ3v) is 4.22. The summed E-state index contributed by atoms with van der Waals surface area (Å²) < 4.78 is 0. The van der Waals surface area contributed by atoms with Crippen molar-refractivity contribution in [2.45, 2.75) is 39.5 Å². The maximum absolute atomic E-state index is 11.9. The van der Waals surface area contributed by atoms with Gasteiger partial charge in [-0.15, -0.1) is 10.2 Å². The van der Waals surface area contributed by atoms with E-state index >= 15 is 0 Å². The van der Waals surface area contributed by atoms with Crippen LogP contribution in [0.3, 0.4) is 0 Å². The number of amides is 2. The molecule has 0 fully saturated rings. The number of hydrogen-bond acceptors (Lipinski definition) is 5. The number of rotatable bonds is 7. The Hall–Kier alpha value is -2.28. The normalized spacial score (nSPS) is 10.3. The van der Waals surface area contributed by atoms with Crippen molar-refractivity contribution in [3.63, 3.8) is 0 Å². The molecule has 0 saturated heterocycles. The van der Waals surface area contributed by atoms with Gasteiger partial charge in [0.05, 0.1) is 0 Å². The molecule has 0 spiro atoms. The number of aromatic nitrogens is 2. The Morgan fingerprint density at radius 2 is 1.61 bits per heavy atom. The molecule has 0 saturated carbocycles. The second kappa shape index (κ2) is 8.38. The van der Waals surface area contributed by atoms with Crippen LogP contribution in [0.15, 0.2) is 24.3 Å². The van der Waals surface area contributed by atoms with E-state index < -0.39 is 0 Å². The molecule has 0 bridgehead atoms. The van der Waals surface area contributed by atoms with E-state index in [-0.39, 0.29) is 24.7 Å². The second-order valence-corrected chi connectivity index (χ2v) is 6.06. The van der Waals surface area contributed by atoms with Crippen LogP contribution in [0.5, 0.6) is 0 Å². The molecule has 0 radical (unpaired) electrons. The Morgan fingerprint density at radius 3 is 2.17 bits per heavy atom. The van der Waals surface area contributed by atoms with Crippen LogP contribution in [0.2, 0.25) is 0 Å². The van der Waals surface area contributed by atoms with Gasteiger partial charge in [0.15, 0.2) is 0 Å². The van der Waals surface area contributed by atoms with E-state index in [9.17, 15) is 9.59 Å². The fourth-order valence-corrected chi connectivity index (χ4v) is 2.60. The molecule has 23 heavy (non-hydrogen) atoms. The maximum Gasteiger partial charge on any atom is 0.226 e. The summed E-state index contributed by atoms with van der Waals surface area (Å²) in [5, 5.41) is 14.6. The average Bonchev–Trinajstić information content (AvgIpc) is 3.01. The third-order valence-electron chi connectivity index (χ3n) is 3.24. The van der Waals surface area contributed by atoms with Gasteiger partial charge >= 0.3 is 0 Å². The van der Waals surface area contributed by atoms with E-state index in [1.165, 1.54) is 16.9 Å². The first kappa shape index (κ1) is 17.1. The molecule has 7 heteroatoms. The molecule has 6 nitrogen and oxygen atoms in total. The molecule has 1 aromatic carbocycles. The van der Waals surface area contributed by atoms with Gasteiger partial charge in [0, 0.05) is 18.5 Å². The Kier molecular flexibility index (Phi) is 6.22. The molecule has 0 aliphatic rings. The number of aryl methyl sites for hydroxylation is 2. The Balaban J connectivity index is 1.75. The number of nitrogens with one attached hydrogen (secondary N) is 2. The molecule has 0 aliphatic heterocycles. The molecule has 0 aliphatic carbocycles. The highest BCUT2D eigenvalue weighted by atomic mass is 32.1. The average molecular weight is 332 g/mol. The maximum atomic E-state index is 11.9. The number of nitrogens with zero attached hydrogens (tertiary/aromatic N) is 2. The van der Waals surface area contributed by atoms with Gasteiger partial charge in [-0.3, -0.25) is 9.59 Å². The van der Waals surface area contributed by atoms with Crippen molar-refractivity contribution >= 4 is 34.0 Å². The van der Waals surface area contributed by atoms with Gasteiger partial charge in [-0.2, -0.15) is 0 Å². The zero-order chi connectivity index (χ0) is 16.7. The molecule has 122 valence electrons. The van der Waals surface area contributed by atoms with E-state index in [2.05, 4.69) is 27.8 Å². The van der Waals surface area contributed by atoms with E-state index in [4.69, 9.17) is 0 Å². The van der Waals surface area contributed by atoms with Gasteiger partial charge in [-0.25, -0.2) is 0 Å². The fraction of sp³-hybridized carbons (Fsp3) is 0.375. The summed E-state index contributed by atoms with van der Waals surface area (Å²) in [7, 11) is 0. The lowest BCUT2D eigenvalue weighted by atomic mass is 10.1. The molecule has 0 atom stereocenters. The first-order valence-electron chi connectivity index (χ1n) is 7.61. The molecule has 2 amide bonds. The van der Waals surface area contributed by atoms with Crippen LogP contribution in [0.4, 0.5) is 10.8 Å². The van der Waals surface area contributed by atoms with Crippen molar-refractivity contribution in [1.82, 2.24) is 10.2 Å². The summed E-state index contributed by atoms with van der Waals surface area (Å²) >= 11 is 1.35. The van der Waals surface area contributed by atoms with Crippen LogP contribution in [0.25, 0.3) is 0 Å². The summed E-state index contributed by atoms with van der Waals surface area (Å²) in [5.41, 5.74) is 1.95. The van der Waals surface area contributed by atoms with Crippen molar-refractivity contribution in [3.8, 4) is 0 Å². The Bertz CT molecular complexity index is 667. The van der Waals surface area contributed by atoms with Crippen LogP contribution in [0.1, 0.15) is 37.3 Å². The molecule has 1 aromatic heterocycles. The lowest BCUT2D eigenvalue weighted by molar-refractivity contribution is -0.121. The standard InChI is InChI=1S/C16H20N4O2S/c1-3-11-5-7-12(8-6-11)17-13(21)9-10-14(22)18-16-20-19-15(4-2)23-16/h5-8H,3-4,9-10H2,1-2H3,(H,17,21)(H,18,20,22). The molecular formula is C16H20N4O2S. The van der Waals surface area contributed by atoms with Crippen LogP contribution >= 0.6 is 11.3 Å². The monoisotopic (exact) mass is 332 g/mol. The smallest absolute Gasteiger partial charge is 0.226 e. The number of hydrogen-bond donors (Lipinski definition) is 2. The highest BCUT2D eigenvalue weighted by Gasteiger charge is 2.10. The predicted molar refractivity (Wildman–Crippen MR) is 91.6 cm³/mol. The topological polar surface area (TPSA) is 84.0 Å². The fourth-order valence-electron chi connectivity index (χ4n) is 1.90. The van der Waals surface area contributed by atoms with Gasteiger partial charge in [0.2, 0.25) is 16.9 Å². The lowest BCUT2D eigenvalue weighted by Crippen LogP contribution is -2.17. The first-order valence-corrected chi connectivity index (χ1v) is 8.43. The number of benzene rings is 1. The zero-order valence-electron chi connectivity index (χ0n) is 13.3. The number of carbonyl (C=O) groups excluding carboxylic acids is 2. The summed E-state index contributed by atoms with van der Waals surface area (Å²) in [5.74, 6) is -0.420. The Morgan fingerprint density at radius 1 is 0.957 bits per heavy atom. The summed E-state index contributed by atoms with van der Waals surface area (Å²) in [6.45, 7) is 4.05. The lowest BCUT2D eigenvalue weighted by Gasteiger charge is -2.06. The van der Waals surface area contributed by atoms with E-state index in [1.54, 1.807) is 0 Å². The van der Waals surface area contributed by atoms with Crippen molar-refractivity contribution in [2.24, 2.45) is 0 Å². The summed E-state index contributed by atoms with van der Waals surface area (Å²) in [4.78, 5) is 23.7. The van der Waals surface area contributed by atoms with Gasteiger partial charge in [0.1, 0.15) is 5.01 Å². The van der Waals surface area contributed by atoms with Gasteiger partial charge in [-0.05, 0) is 30.5 Å². The summed E-state index contributed by atoms with van der Waals surface area (Å²) in [6, 6.07) is 7.68. The highest BCUT2D eigenvalue weighted by Crippen LogP contribution is 2.16. The van der Waals surface area contributed by atoms with Crippen LogP contribution in [-0.4, -0.2) is 22.0 Å². The van der Waals surface area contributed by atoms with Crippen LogP contribution in [-0.2, 0) is 22.4 Å². The van der Waals surface area contributed by atoms with Crippen molar-refractivity contribution in [1.29, 1.82) is 0 Å². The number of anilines is 2. The molecule has 1 heterocycles. The zero-order valence-corrected chi connectivity index (χ0v) is 14.1. The van der Waals surface area contributed by atoms with Crippen molar-refractivity contribution < 1.29 is 9.59 Å². The van der Waals surface area contributed by atoms with Gasteiger partial charge in [-0.1, -0.05) is 37.3 Å². The van der Waals surface area contributed by atoms with E-state index in [0.29, 0.717) is 5.13 Å². The molecule has 0 unspecified atom stereocenters. The van der Waals surface area contributed by atoms with Crippen LogP contribution in [0, 0.1) is 0 Å². The minimum atomic E-state index is -0.236. The third kappa shape index (κ3) is 5.45. The highest BCUT2D eigenvalue weighted by molar-refractivity contribution is 7.15. The van der Waals surface area contributed by atoms with Crippen molar-refractivity contribution in [3.05, 3.63) is 34.8 Å². The molecule has 2 aromatic rings. The minimum Gasteiger partial charge on any atom is -0.326 e. The minimum absolute atomic E-state index is 0.111. The molecule has 2 N–H and O–H groups in total. The second-order valence-electron chi connectivity index (χ2n) is 5.00. The van der Waals surface area contributed by atoms with Gasteiger partial charge < -0.3 is 10.6 Å². The first-order chi connectivity index (χ1) is 11.1. The molecular weight excluding hydrogens is 312 g/mol. The van der Waals surface area contributed by atoms with Gasteiger partial charge in [0.25, 0.3) is 0 Å². The Labute approximate surface area is 139 Å². The SMILES string of the molecule is CCc1ccc(NC(=O)CCC(=O)Nc2nnc(CC)s2)cc1. The predicted octanol–water partition coefficient (Wildman–Crippen LogP) is 3.02. The quantitative estimate of drug-likeness (QED) is 0.816.